The van der Waals surface area contributed by atoms with E-state index in [0.717, 1.165) is 12.1 Å². The number of halogens is 4. The van der Waals surface area contributed by atoms with Gasteiger partial charge >= 0.3 is 6.18 Å². The molecule has 0 unspecified atom stereocenters. The molecule has 8 heteroatoms. The third-order valence-corrected chi connectivity index (χ3v) is 4.54. The maximum absolute atomic E-state index is 12.9. The first-order valence-corrected chi connectivity index (χ1v) is 8.83. The van der Waals surface area contributed by atoms with E-state index in [1.165, 1.54) is 24.3 Å². The molecule has 0 fully saturated rings. The lowest BCUT2D eigenvalue weighted by Crippen LogP contribution is -2.24. The zero-order chi connectivity index (χ0) is 20.6. The molecule has 0 aliphatic carbocycles. The Morgan fingerprint density at radius 2 is 1.83 bits per heavy atom. The number of benzene rings is 2. The Balaban J connectivity index is 1.63. The van der Waals surface area contributed by atoms with E-state index >= 15 is 0 Å². The van der Waals surface area contributed by atoms with Crippen LogP contribution in [0, 0.1) is 0 Å². The minimum Gasteiger partial charge on any atom is -0.457 e. The maximum atomic E-state index is 12.9. The first-order chi connectivity index (χ1) is 13.8. The SMILES string of the molecule is O=C1NC(c2ccccc2Cl)=NC1=Cc1ccc(-c2cccc(C(F)(F)F)c2)o1. The Morgan fingerprint density at radius 3 is 2.59 bits per heavy atom. The molecule has 1 aromatic heterocycles. The van der Waals surface area contributed by atoms with E-state index in [4.69, 9.17) is 16.0 Å². The Morgan fingerprint density at radius 1 is 1.03 bits per heavy atom. The molecule has 1 aliphatic heterocycles. The lowest BCUT2D eigenvalue weighted by atomic mass is 10.1. The van der Waals surface area contributed by atoms with Crippen molar-refractivity contribution in [3.8, 4) is 11.3 Å². The van der Waals surface area contributed by atoms with Crippen molar-refractivity contribution < 1.29 is 22.4 Å². The molecular formula is C21H12ClF3N2O2. The average Bonchev–Trinajstić information content (AvgIpc) is 3.29. The second kappa shape index (κ2) is 7.25. The average molecular weight is 417 g/mol. The lowest BCUT2D eigenvalue weighted by Gasteiger charge is -2.07. The van der Waals surface area contributed by atoms with Gasteiger partial charge in [0.05, 0.1) is 10.6 Å². The van der Waals surface area contributed by atoms with Crippen molar-refractivity contribution in [3.05, 3.63) is 88.3 Å². The van der Waals surface area contributed by atoms with Gasteiger partial charge in [0, 0.05) is 17.2 Å². The molecule has 0 bridgehead atoms. The monoisotopic (exact) mass is 416 g/mol. The first-order valence-electron chi connectivity index (χ1n) is 8.45. The largest absolute Gasteiger partial charge is 0.457 e. The number of nitrogens with one attached hydrogen (secondary N) is 1. The highest BCUT2D eigenvalue weighted by Crippen LogP contribution is 2.33. The van der Waals surface area contributed by atoms with Crippen LogP contribution in [0.5, 0.6) is 0 Å². The number of hydrogen-bond acceptors (Lipinski definition) is 3. The number of carbonyl (C=O) groups excluding carboxylic acids is 1. The number of rotatable bonds is 3. The van der Waals surface area contributed by atoms with Gasteiger partial charge in [-0.05, 0) is 36.4 Å². The molecule has 1 amide bonds. The summed E-state index contributed by atoms with van der Waals surface area (Å²) in [5.41, 5.74) is 0.191. The van der Waals surface area contributed by atoms with Crippen molar-refractivity contribution in [3.63, 3.8) is 0 Å². The molecule has 29 heavy (non-hydrogen) atoms. The van der Waals surface area contributed by atoms with Crippen molar-refractivity contribution in [2.45, 2.75) is 6.18 Å². The summed E-state index contributed by atoms with van der Waals surface area (Å²) >= 11 is 6.13. The Labute approximate surface area is 168 Å². The summed E-state index contributed by atoms with van der Waals surface area (Å²) in [6, 6.07) is 14.8. The molecule has 146 valence electrons. The molecule has 0 spiro atoms. The van der Waals surface area contributed by atoms with E-state index in [9.17, 15) is 18.0 Å². The van der Waals surface area contributed by atoms with Crippen LogP contribution >= 0.6 is 11.6 Å². The van der Waals surface area contributed by atoms with Crippen molar-refractivity contribution in [1.29, 1.82) is 0 Å². The van der Waals surface area contributed by atoms with Gasteiger partial charge in [0.2, 0.25) is 0 Å². The number of furan rings is 1. The molecule has 4 rings (SSSR count). The van der Waals surface area contributed by atoms with Crippen LogP contribution in [0.25, 0.3) is 17.4 Å². The van der Waals surface area contributed by atoms with Crippen LogP contribution in [-0.4, -0.2) is 11.7 Å². The Kier molecular flexibility index (Phi) is 4.76. The van der Waals surface area contributed by atoms with E-state index in [1.54, 1.807) is 30.3 Å². The summed E-state index contributed by atoms with van der Waals surface area (Å²) in [5.74, 6) is 0.414. The van der Waals surface area contributed by atoms with E-state index in [-0.39, 0.29) is 22.8 Å². The summed E-state index contributed by atoms with van der Waals surface area (Å²) in [4.78, 5) is 16.4. The van der Waals surface area contributed by atoms with Gasteiger partial charge in [0.1, 0.15) is 23.1 Å². The quantitative estimate of drug-likeness (QED) is 0.570. The molecule has 3 aromatic rings. The normalized spacial score (nSPS) is 15.5. The molecule has 0 saturated heterocycles. The smallest absolute Gasteiger partial charge is 0.416 e. The van der Waals surface area contributed by atoms with Crippen LogP contribution in [-0.2, 0) is 11.0 Å². The fraction of sp³-hybridized carbons (Fsp3) is 0.0476. The van der Waals surface area contributed by atoms with E-state index in [2.05, 4.69) is 10.3 Å². The maximum Gasteiger partial charge on any atom is 0.416 e. The van der Waals surface area contributed by atoms with Crippen LogP contribution in [0.4, 0.5) is 13.2 Å². The molecule has 0 radical (unpaired) electrons. The number of carbonyl (C=O) groups is 1. The van der Waals surface area contributed by atoms with Gasteiger partial charge < -0.3 is 9.73 Å². The lowest BCUT2D eigenvalue weighted by molar-refractivity contribution is -0.137. The number of amidine groups is 1. The Hall–Kier alpha value is -3.32. The van der Waals surface area contributed by atoms with Crippen LogP contribution in [0.1, 0.15) is 16.9 Å². The summed E-state index contributed by atoms with van der Waals surface area (Å²) in [6.07, 6.45) is -3.03. The molecule has 0 atom stereocenters. The second-order valence-corrected chi connectivity index (χ2v) is 6.61. The van der Waals surface area contributed by atoms with Gasteiger partial charge in [-0.2, -0.15) is 13.2 Å². The number of hydrogen-bond donors (Lipinski definition) is 1. The number of nitrogens with zero attached hydrogens (tertiary/aromatic N) is 1. The van der Waals surface area contributed by atoms with E-state index in [1.807, 2.05) is 0 Å². The number of amides is 1. The van der Waals surface area contributed by atoms with Crippen molar-refractivity contribution >= 4 is 29.4 Å². The molecule has 2 heterocycles. The summed E-state index contributed by atoms with van der Waals surface area (Å²) in [7, 11) is 0. The third-order valence-electron chi connectivity index (χ3n) is 4.21. The van der Waals surface area contributed by atoms with Crippen LogP contribution in [0.15, 0.2) is 75.8 Å². The first kappa shape index (κ1) is 19.0. The van der Waals surface area contributed by atoms with Crippen LogP contribution < -0.4 is 5.32 Å². The number of alkyl halides is 3. The zero-order valence-electron chi connectivity index (χ0n) is 14.6. The van der Waals surface area contributed by atoms with Crippen LogP contribution in [0.2, 0.25) is 5.02 Å². The van der Waals surface area contributed by atoms with Gasteiger partial charge in [-0.3, -0.25) is 4.79 Å². The predicted molar refractivity (Wildman–Crippen MR) is 103 cm³/mol. The molecular weight excluding hydrogens is 405 g/mol. The molecule has 1 aliphatic rings. The topological polar surface area (TPSA) is 54.6 Å². The highest BCUT2D eigenvalue weighted by molar-refractivity contribution is 6.35. The molecule has 4 nitrogen and oxygen atoms in total. The van der Waals surface area contributed by atoms with Gasteiger partial charge in [-0.1, -0.05) is 35.9 Å². The van der Waals surface area contributed by atoms with E-state index in [0.29, 0.717) is 16.4 Å². The van der Waals surface area contributed by atoms with Crippen LogP contribution in [0.3, 0.4) is 0 Å². The zero-order valence-corrected chi connectivity index (χ0v) is 15.4. The fourth-order valence-corrected chi connectivity index (χ4v) is 3.04. The van der Waals surface area contributed by atoms with Crippen molar-refractivity contribution in [1.82, 2.24) is 5.32 Å². The van der Waals surface area contributed by atoms with Crippen molar-refractivity contribution in [2.75, 3.05) is 0 Å². The van der Waals surface area contributed by atoms with E-state index < -0.39 is 17.6 Å². The minimum absolute atomic E-state index is 0.102. The summed E-state index contributed by atoms with van der Waals surface area (Å²) in [6.45, 7) is 0. The van der Waals surface area contributed by atoms with Gasteiger partial charge in [0.25, 0.3) is 5.91 Å². The third kappa shape index (κ3) is 3.95. The highest BCUT2D eigenvalue weighted by atomic mass is 35.5. The van der Waals surface area contributed by atoms with Gasteiger partial charge in [0.15, 0.2) is 0 Å². The van der Waals surface area contributed by atoms with Gasteiger partial charge in [-0.25, -0.2) is 4.99 Å². The summed E-state index contributed by atoms with van der Waals surface area (Å²) in [5, 5.41) is 3.08. The minimum atomic E-state index is -4.45. The molecule has 0 saturated carbocycles. The van der Waals surface area contributed by atoms with Crippen molar-refractivity contribution in [2.24, 2.45) is 4.99 Å². The molecule has 1 N–H and O–H groups in total. The predicted octanol–water partition coefficient (Wildman–Crippen LogP) is 5.54. The molecule has 2 aromatic carbocycles. The fourth-order valence-electron chi connectivity index (χ4n) is 2.82. The highest BCUT2D eigenvalue weighted by Gasteiger charge is 2.30. The summed E-state index contributed by atoms with van der Waals surface area (Å²) < 4.78 is 44.3. The van der Waals surface area contributed by atoms with Gasteiger partial charge in [-0.15, -0.1) is 0 Å². The standard InChI is InChI=1S/C21H12ClF3N2O2/c22-16-7-2-1-6-15(16)19-26-17(20(28)27-19)11-14-8-9-18(29-14)12-4-3-5-13(10-12)21(23,24)25/h1-11H,(H,26,27,28). The second-order valence-electron chi connectivity index (χ2n) is 6.20. The number of aliphatic imine (C=N–C) groups is 1. The Bertz CT molecular complexity index is 1160.